The molecular weight excluding hydrogens is 297 g/mol. The summed E-state index contributed by atoms with van der Waals surface area (Å²) in [4.78, 5) is 23.6. The first-order chi connectivity index (χ1) is 10.0. The molecule has 2 rings (SSSR count). The number of carbonyl (C=O) groups excluding carboxylic acids is 1. The number of carboxylic acids is 1. The molecule has 1 atom stereocenters. The molecule has 1 fully saturated rings. The average molecular weight is 313 g/mol. The molecule has 1 amide bonds. The third-order valence-corrected chi connectivity index (χ3v) is 4.28. The van der Waals surface area contributed by atoms with Crippen molar-refractivity contribution in [2.45, 2.75) is 23.3 Å². The van der Waals surface area contributed by atoms with Gasteiger partial charge in [0.15, 0.2) is 5.54 Å². The fraction of sp³-hybridized carbons (Fsp3) is 0.429. The standard InChI is InChI=1S/C14H16FNO4S/c15-10-3-1-2-4-11(10)21-8-5-12(17)16-14(13(18)19)6-7-20-9-14/h1-4H,5-9H2,(H,16,17)(H,18,19). The maximum atomic E-state index is 13.4. The maximum Gasteiger partial charge on any atom is 0.331 e. The van der Waals surface area contributed by atoms with E-state index < -0.39 is 11.5 Å². The van der Waals surface area contributed by atoms with Crippen LogP contribution >= 0.6 is 11.8 Å². The third kappa shape index (κ3) is 3.95. The Morgan fingerprint density at radius 2 is 2.19 bits per heavy atom. The lowest BCUT2D eigenvalue weighted by atomic mass is 9.99. The molecule has 1 aliphatic rings. The Morgan fingerprint density at radius 1 is 1.43 bits per heavy atom. The second-order valence-corrected chi connectivity index (χ2v) is 5.90. The Labute approximate surface area is 125 Å². The van der Waals surface area contributed by atoms with Gasteiger partial charge in [0.25, 0.3) is 0 Å². The summed E-state index contributed by atoms with van der Waals surface area (Å²) in [6, 6.07) is 6.32. The molecule has 1 aliphatic heterocycles. The van der Waals surface area contributed by atoms with Crippen molar-refractivity contribution >= 4 is 23.6 Å². The van der Waals surface area contributed by atoms with Crippen LogP contribution in [0.3, 0.4) is 0 Å². The molecule has 1 saturated heterocycles. The Hall–Kier alpha value is -1.60. The Morgan fingerprint density at radius 3 is 2.81 bits per heavy atom. The first-order valence-electron chi connectivity index (χ1n) is 6.53. The van der Waals surface area contributed by atoms with Gasteiger partial charge >= 0.3 is 5.97 Å². The predicted molar refractivity (Wildman–Crippen MR) is 75.7 cm³/mol. The number of aliphatic carboxylic acids is 1. The summed E-state index contributed by atoms with van der Waals surface area (Å²) in [5, 5.41) is 11.7. The minimum atomic E-state index is -1.32. The summed E-state index contributed by atoms with van der Waals surface area (Å²) in [5.41, 5.74) is -1.32. The highest BCUT2D eigenvalue weighted by Crippen LogP contribution is 2.23. The van der Waals surface area contributed by atoms with E-state index in [1.807, 2.05) is 0 Å². The van der Waals surface area contributed by atoms with E-state index in [-0.39, 0.29) is 31.2 Å². The Balaban J connectivity index is 1.82. The summed E-state index contributed by atoms with van der Waals surface area (Å²) in [6.07, 6.45) is 0.378. The number of rotatable bonds is 6. The quantitative estimate of drug-likeness (QED) is 0.781. The van der Waals surface area contributed by atoms with Gasteiger partial charge in [-0.25, -0.2) is 9.18 Å². The highest BCUT2D eigenvalue weighted by molar-refractivity contribution is 7.99. The van der Waals surface area contributed by atoms with E-state index in [9.17, 15) is 19.1 Å². The molecular formula is C14H16FNO4S. The molecule has 0 aromatic heterocycles. The van der Waals surface area contributed by atoms with Crippen molar-refractivity contribution in [3.63, 3.8) is 0 Å². The van der Waals surface area contributed by atoms with Crippen LogP contribution in [0.15, 0.2) is 29.2 Å². The highest BCUT2D eigenvalue weighted by Gasteiger charge is 2.43. The van der Waals surface area contributed by atoms with Crippen LogP contribution in [0, 0.1) is 5.82 Å². The van der Waals surface area contributed by atoms with Gasteiger partial charge in [0.2, 0.25) is 5.91 Å². The zero-order chi connectivity index (χ0) is 15.3. The van der Waals surface area contributed by atoms with Crippen LogP contribution in [0.5, 0.6) is 0 Å². The van der Waals surface area contributed by atoms with Crippen LogP contribution in [0.4, 0.5) is 4.39 Å². The van der Waals surface area contributed by atoms with E-state index >= 15 is 0 Å². The first kappa shape index (κ1) is 15.8. The Kier molecular flexibility index (Phi) is 5.19. The number of hydrogen-bond acceptors (Lipinski definition) is 4. The SMILES string of the molecule is O=C(CCSc1ccccc1F)NC1(C(=O)O)CCOC1. The molecule has 7 heteroatoms. The van der Waals surface area contributed by atoms with Crippen molar-refractivity contribution in [3.05, 3.63) is 30.1 Å². The lowest BCUT2D eigenvalue weighted by molar-refractivity contribution is -0.147. The fourth-order valence-corrected chi connectivity index (χ4v) is 2.92. The summed E-state index contributed by atoms with van der Waals surface area (Å²) < 4.78 is 18.5. The number of carboxylic acid groups (broad SMARTS) is 1. The topological polar surface area (TPSA) is 75.6 Å². The molecule has 1 aromatic rings. The third-order valence-electron chi connectivity index (χ3n) is 3.23. The van der Waals surface area contributed by atoms with Crippen LogP contribution in [-0.2, 0) is 14.3 Å². The van der Waals surface area contributed by atoms with E-state index in [0.29, 0.717) is 17.3 Å². The lowest BCUT2D eigenvalue weighted by Gasteiger charge is -2.23. The van der Waals surface area contributed by atoms with E-state index in [1.54, 1.807) is 18.2 Å². The zero-order valence-electron chi connectivity index (χ0n) is 11.3. The molecule has 0 aliphatic carbocycles. The van der Waals surface area contributed by atoms with Gasteiger partial charge in [0.1, 0.15) is 5.82 Å². The number of hydrogen-bond donors (Lipinski definition) is 2. The predicted octanol–water partition coefficient (Wildman–Crippen LogP) is 1.67. The number of thioether (sulfide) groups is 1. The molecule has 2 N–H and O–H groups in total. The smallest absolute Gasteiger partial charge is 0.331 e. The van der Waals surface area contributed by atoms with Gasteiger partial charge in [-0.2, -0.15) is 0 Å². The zero-order valence-corrected chi connectivity index (χ0v) is 12.1. The van der Waals surface area contributed by atoms with Crippen LogP contribution in [0.25, 0.3) is 0 Å². The summed E-state index contributed by atoms with van der Waals surface area (Å²) in [5.74, 6) is -1.40. The summed E-state index contributed by atoms with van der Waals surface area (Å²) in [7, 11) is 0. The number of ether oxygens (including phenoxy) is 1. The second-order valence-electron chi connectivity index (χ2n) is 4.77. The maximum absolute atomic E-state index is 13.4. The number of halogens is 1. The van der Waals surface area contributed by atoms with Gasteiger partial charge in [0.05, 0.1) is 6.61 Å². The molecule has 0 bridgehead atoms. The normalized spacial score (nSPS) is 21.2. The van der Waals surface area contributed by atoms with E-state index in [1.165, 1.54) is 17.8 Å². The van der Waals surface area contributed by atoms with Crippen molar-refractivity contribution < 1.29 is 23.8 Å². The fourth-order valence-electron chi connectivity index (χ4n) is 2.03. The van der Waals surface area contributed by atoms with Crippen molar-refractivity contribution in [2.75, 3.05) is 19.0 Å². The second kappa shape index (κ2) is 6.91. The van der Waals surface area contributed by atoms with Gasteiger partial charge < -0.3 is 15.2 Å². The molecule has 0 saturated carbocycles. The van der Waals surface area contributed by atoms with Crippen molar-refractivity contribution in [1.29, 1.82) is 0 Å². The lowest BCUT2D eigenvalue weighted by Crippen LogP contribution is -2.55. The number of nitrogens with one attached hydrogen (secondary N) is 1. The minimum absolute atomic E-state index is 0.0193. The molecule has 5 nitrogen and oxygen atoms in total. The summed E-state index contributed by atoms with van der Waals surface area (Å²) in [6.45, 7) is 0.297. The first-order valence-corrected chi connectivity index (χ1v) is 7.51. The van der Waals surface area contributed by atoms with E-state index in [0.717, 1.165) is 0 Å². The largest absolute Gasteiger partial charge is 0.479 e. The van der Waals surface area contributed by atoms with Crippen molar-refractivity contribution in [1.82, 2.24) is 5.32 Å². The van der Waals surface area contributed by atoms with Gasteiger partial charge in [-0.05, 0) is 12.1 Å². The van der Waals surface area contributed by atoms with Gasteiger partial charge in [-0.15, -0.1) is 11.8 Å². The molecule has 1 unspecified atom stereocenters. The monoisotopic (exact) mass is 313 g/mol. The summed E-state index contributed by atoms with van der Waals surface area (Å²) >= 11 is 1.23. The van der Waals surface area contributed by atoms with Crippen molar-refractivity contribution in [3.8, 4) is 0 Å². The van der Waals surface area contributed by atoms with Gasteiger partial charge in [-0.3, -0.25) is 4.79 Å². The van der Waals surface area contributed by atoms with Crippen molar-refractivity contribution in [2.24, 2.45) is 0 Å². The molecule has 1 heterocycles. The van der Waals surface area contributed by atoms with Crippen LogP contribution < -0.4 is 5.32 Å². The molecule has 21 heavy (non-hydrogen) atoms. The number of carbonyl (C=O) groups is 2. The average Bonchev–Trinajstić information content (AvgIpc) is 2.91. The molecule has 0 spiro atoms. The molecule has 114 valence electrons. The van der Waals surface area contributed by atoms with Gasteiger partial charge in [0, 0.05) is 30.1 Å². The number of benzene rings is 1. The van der Waals surface area contributed by atoms with Crippen LogP contribution in [0.2, 0.25) is 0 Å². The molecule has 1 aromatic carbocycles. The number of amides is 1. The highest BCUT2D eigenvalue weighted by atomic mass is 32.2. The van der Waals surface area contributed by atoms with Crippen LogP contribution in [0.1, 0.15) is 12.8 Å². The Bertz CT molecular complexity index is 531. The van der Waals surface area contributed by atoms with E-state index in [4.69, 9.17) is 4.74 Å². The van der Waals surface area contributed by atoms with Gasteiger partial charge in [-0.1, -0.05) is 12.1 Å². The van der Waals surface area contributed by atoms with E-state index in [2.05, 4.69) is 5.32 Å². The minimum Gasteiger partial charge on any atom is -0.479 e. The van der Waals surface area contributed by atoms with Crippen LogP contribution in [-0.4, -0.2) is 41.5 Å². The molecule has 0 radical (unpaired) electrons.